The van der Waals surface area contributed by atoms with Gasteiger partial charge in [-0.05, 0) is 29.8 Å². The van der Waals surface area contributed by atoms with Gasteiger partial charge in [-0.2, -0.15) is 0 Å². The number of benzene rings is 2. The van der Waals surface area contributed by atoms with Crippen LogP contribution < -0.4 is 10.4 Å². The molecular formula is C21H20N3O5S-. The molecule has 1 aliphatic heterocycles. The number of thioether (sulfide) groups is 1. The summed E-state index contributed by atoms with van der Waals surface area (Å²) in [7, 11) is 1.55. The molecule has 1 atom stereocenters. The number of hydrogen-bond acceptors (Lipinski definition) is 7. The summed E-state index contributed by atoms with van der Waals surface area (Å²) in [5.41, 5.74) is 1.17. The number of rotatable bonds is 8. The molecule has 8 nitrogen and oxygen atoms in total. The third-order valence-corrected chi connectivity index (χ3v) is 5.47. The van der Waals surface area contributed by atoms with Gasteiger partial charge in [-0.3, -0.25) is 14.5 Å². The summed E-state index contributed by atoms with van der Waals surface area (Å²) in [6, 6.07) is 14.9. The van der Waals surface area contributed by atoms with Crippen LogP contribution in [0.2, 0.25) is 0 Å². The van der Waals surface area contributed by atoms with Gasteiger partial charge in [0.15, 0.2) is 5.17 Å². The van der Waals surface area contributed by atoms with Crippen LogP contribution in [0.1, 0.15) is 16.8 Å². The number of carbonyl (C=O) groups excluding carboxylic acids is 3. The molecule has 1 saturated heterocycles. The molecule has 156 valence electrons. The lowest BCUT2D eigenvalue weighted by Crippen LogP contribution is -2.35. The molecule has 9 heteroatoms. The van der Waals surface area contributed by atoms with Crippen molar-refractivity contribution in [2.24, 2.45) is 4.99 Å². The first-order chi connectivity index (χ1) is 14.5. The van der Waals surface area contributed by atoms with Gasteiger partial charge in [0.05, 0.1) is 24.8 Å². The Kier molecular flexibility index (Phi) is 7.21. The molecule has 0 radical (unpaired) electrons. The molecule has 0 aromatic heterocycles. The number of aliphatic imine (C=N–C) groups is 1. The van der Waals surface area contributed by atoms with Crippen LogP contribution in [0.25, 0.3) is 0 Å². The smallest absolute Gasteiger partial charge is 0.242 e. The van der Waals surface area contributed by atoms with E-state index in [1.54, 1.807) is 7.11 Å². The predicted octanol–water partition coefficient (Wildman–Crippen LogP) is 1.66. The van der Waals surface area contributed by atoms with Gasteiger partial charge in [0.1, 0.15) is 5.25 Å². The molecule has 1 heterocycles. The Morgan fingerprint density at radius 2 is 1.87 bits per heavy atom. The Balaban J connectivity index is 1.69. The van der Waals surface area contributed by atoms with Crippen LogP contribution in [0.3, 0.4) is 0 Å². The molecular weight excluding hydrogens is 406 g/mol. The molecule has 0 saturated carbocycles. The quantitative estimate of drug-likeness (QED) is 0.687. The van der Waals surface area contributed by atoms with Crippen molar-refractivity contribution in [1.82, 2.24) is 4.90 Å². The Morgan fingerprint density at radius 3 is 2.50 bits per heavy atom. The lowest BCUT2D eigenvalue weighted by molar-refractivity contribution is -0.255. The number of carboxylic acid groups (broad SMARTS) is 1. The number of amides is 2. The molecule has 1 fully saturated rings. The van der Waals surface area contributed by atoms with E-state index >= 15 is 0 Å². The van der Waals surface area contributed by atoms with Crippen molar-refractivity contribution in [3.8, 4) is 0 Å². The molecule has 0 aliphatic carbocycles. The van der Waals surface area contributed by atoms with Crippen molar-refractivity contribution in [2.75, 3.05) is 25.6 Å². The Labute approximate surface area is 177 Å². The first-order valence-corrected chi connectivity index (χ1v) is 10.1. The zero-order valence-electron chi connectivity index (χ0n) is 16.2. The van der Waals surface area contributed by atoms with Gasteiger partial charge < -0.3 is 20.0 Å². The summed E-state index contributed by atoms with van der Waals surface area (Å²) in [6.45, 7) is 0.695. The molecule has 1 unspecified atom stereocenters. The fourth-order valence-corrected chi connectivity index (χ4v) is 3.98. The van der Waals surface area contributed by atoms with Crippen LogP contribution in [-0.4, -0.2) is 53.4 Å². The Bertz CT molecular complexity index is 947. The van der Waals surface area contributed by atoms with Crippen molar-refractivity contribution in [1.29, 1.82) is 0 Å². The van der Waals surface area contributed by atoms with Crippen LogP contribution in [0, 0.1) is 0 Å². The SMILES string of the molecule is COCCN1C(=O)C(CC(=O)Nc2ccc(C(=O)[O-])cc2)SC1=Nc1ccccc1. The lowest BCUT2D eigenvalue weighted by atomic mass is 10.2. The fourth-order valence-electron chi connectivity index (χ4n) is 2.80. The highest BCUT2D eigenvalue weighted by Crippen LogP contribution is 2.31. The topological polar surface area (TPSA) is 111 Å². The second kappa shape index (κ2) is 10.0. The minimum Gasteiger partial charge on any atom is -0.545 e. The lowest BCUT2D eigenvalue weighted by Gasteiger charge is -2.15. The van der Waals surface area contributed by atoms with E-state index in [4.69, 9.17) is 4.74 Å². The summed E-state index contributed by atoms with van der Waals surface area (Å²) in [5.74, 6) is -1.84. The maximum atomic E-state index is 12.8. The zero-order chi connectivity index (χ0) is 21.5. The largest absolute Gasteiger partial charge is 0.545 e. The number of amidine groups is 1. The van der Waals surface area contributed by atoms with Gasteiger partial charge in [-0.1, -0.05) is 42.1 Å². The number of para-hydroxylation sites is 1. The van der Waals surface area contributed by atoms with Crippen molar-refractivity contribution in [2.45, 2.75) is 11.7 Å². The zero-order valence-corrected chi connectivity index (χ0v) is 17.1. The highest BCUT2D eigenvalue weighted by atomic mass is 32.2. The number of carbonyl (C=O) groups is 3. The average Bonchev–Trinajstić information content (AvgIpc) is 3.01. The minimum atomic E-state index is -1.29. The molecule has 2 amide bonds. The molecule has 0 bridgehead atoms. The summed E-state index contributed by atoms with van der Waals surface area (Å²) >= 11 is 1.24. The molecule has 1 aliphatic rings. The van der Waals surface area contributed by atoms with Crippen LogP contribution >= 0.6 is 11.8 Å². The first kappa shape index (κ1) is 21.5. The van der Waals surface area contributed by atoms with Gasteiger partial charge >= 0.3 is 0 Å². The van der Waals surface area contributed by atoms with Gasteiger partial charge in [-0.15, -0.1) is 0 Å². The highest BCUT2D eigenvalue weighted by Gasteiger charge is 2.39. The summed E-state index contributed by atoms with van der Waals surface area (Å²) in [5, 5.41) is 13.4. The molecule has 1 N–H and O–H groups in total. The number of anilines is 1. The Hall–Kier alpha value is -3.17. The fraction of sp³-hybridized carbons (Fsp3) is 0.238. The van der Waals surface area contributed by atoms with Crippen molar-refractivity contribution < 1.29 is 24.2 Å². The Morgan fingerprint density at radius 1 is 1.17 bits per heavy atom. The van der Waals surface area contributed by atoms with Crippen LogP contribution in [0.15, 0.2) is 59.6 Å². The van der Waals surface area contributed by atoms with Gasteiger partial charge in [0.2, 0.25) is 11.8 Å². The highest BCUT2D eigenvalue weighted by molar-refractivity contribution is 8.15. The maximum Gasteiger partial charge on any atom is 0.242 e. The normalized spacial score (nSPS) is 17.4. The third-order valence-electron chi connectivity index (χ3n) is 4.30. The second-order valence-electron chi connectivity index (χ2n) is 6.44. The predicted molar refractivity (Wildman–Crippen MR) is 113 cm³/mol. The molecule has 3 rings (SSSR count). The second-order valence-corrected chi connectivity index (χ2v) is 7.61. The van der Waals surface area contributed by atoms with E-state index in [9.17, 15) is 19.5 Å². The number of nitrogens with one attached hydrogen (secondary N) is 1. The van der Waals surface area contributed by atoms with E-state index in [0.717, 1.165) is 0 Å². The molecule has 2 aromatic rings. The van der Waals surface area contributed by atoms with E-state index in [2.05, 4.69) is 10.3 Å². The average molecular weight is 426 g/mol. The number of methoxy groups -OCH3 is 1. The standard InChI is InChI=1S/C21H21N3O5S/c1-29-12-11-24-19(26)17(30-21(24)23-15-5-3-2-4-6-15)13-18(25)22-16-9-7-14(8-10-16)20(27)28/h2-10,17H,11-13H2,1H3,(H,22,25)(H,27,28)/p-1. The monoisotopic (exact) mass is 426 g/mol. The third kappa shape index (κ3) is 5.46. The summed E-state index contributed by atoms with van der Waals surface area (Å²) in [4.78, 5) is 42.2. The number of carboxylic acids is 1. The number of nitrogens with zero attached hydrogens (tertiary/aromatic N) is 2. The van der Waals surface area contributed by atoms with Crippen LogP contribution in [-0.2, 0) is 14.3 Å². The summed E-state index contributed by atoms with van der Waals surface area (Å²) < 4.78 is 5.09. The van der Waals surface area contributed by atoms with E-state index in [1.807, 2.05) is 30.3 Å². The van der Waals surface area contributed by atoms with E-state index in [-0.39, 0.29) is 23.8 Å². The van der Waals surface area contributed by atoms with E-state index in [0.29, 0.717) is 29.7 Å². The number of aromatic carboxylic acids is 1. The number of ether oxygens (including phenoxy) is 1. The van der Waals surface area contributed by atoms with Gasteiger partial charge in [0, 0.05) is 19.2 Å². The summed E-state index contributed by atoms with van der Waals surface area (Å²) in [6.07, 6.45) is -0.0387. The van der Waals surface area contributed by atoms with Crippen molar-refractivity contribution >= 4 is 46.1 Å². The van der Waals surface area contributed by atoms with Crippen LogP contribution in [0.5, 0.6) is 0 Å². The van der Waals surface area contributed by atoms with Crippen molar-refractivity contribution in [3.63, 3.8) is 0 Å². The van der Waals surface area contributed by atoms with Crippen molar-refractivity contribution in [3.05, 3.63) is 60.2 Å². The van der Waals surface area contributed by atoms with Crippen LogP contribution in [0.4, 0.5) is 11.4 Å². The minimum absolute atomic E-state index is 0.0186. The number of hydrogen-bond donors (Lipinski definition) is 1. The van der Waals surface area contributed by atoms with Gasteiger partial charge in [0.25, 0.3) is 0 Å². The molecule has 30 heavy (non-hydrogen) atoms. The molecule has 2 aromatic carbocycles. The molecule has 0 spiro atoms. The maximum absolute atomic E-state index is 12.8. The van der Waals surface area contributed by atoms with E-state index in [1.165, 1.54) is 40.9 Å². The first-order valence-electron chi connectivity index (χ1n) is 9.20. The van der Waals surface area contributed by atoms with Gasteiger partial charge in [-0.25, -0.2) is 4.99 Å². The van der Waals surface area contributed by atoms with E-state index < -0.39 is 11.2 Å².